The molecule has 0 aliphatic heterocycles. The van der Waals surface area contributed by atoms with Gasteiger partial charge in [0.1, 0.15) is 5.75 Å². The average molecular weight is 222 g/mol. The molecule has 1 rings (SSSR count). The number of aryl methyl sites for hydroxylation is 1. The molecule has 16 heavy (non-hydrogen) atoms. The highest BCUT2D eigenvalue weighted by molar-refractivity contribution is 5.43. The van der Waals surface area contributed by atoms with Gasteiger partial charge in [0.25, 0.3) is 0 Å². The Balaban J connectivity index is 3.12. The van der Waals surface area contributed by atoms with Gasteiger partial charge in [-0.2, -0.15) is 0 Å². The maximum Gasteiger partial charge on any atom is 0.122 e. The lowest BCUT2D eigenvalue weighted by molar-refractivity contribution is 0.0497. The van der Waals surface area contributed by atoms with Crippen LogP contribution in [0.15, 0.2) is 18.2 Å². The monoisotopic (exact) mass is 222 g/mol. The zero-order valence-electron chi connectivity index (χ0n) is 10.8. The normalized spacial score (nSPS) is 12.9. The number of rotatable bonds is 3. The van der Waals surface area contributed by atoms with Crippen molar-refractivity contribution in [1.29, 1.82) is 0 Å². The Kier molecular flexibility index (Phi) is 3.34. The topological polar surface area (TPSA) is 40.5 Å². The first-order chi connectivity index (χ1) is 7.13. The molecule has 1 aromatic carbocycles. The minimum atomic E-state index is -0.736. The lowest BCUT2D eigenvalue weighted by Gasteiger charge is -2.32. The van der Waals surface area contributed by atoms with E-state index < -0.39 is 5.60 Å². The first kappa shape index (κ1) is 13.0. The van der Waals surface area contributed by atoms with E-state index in [1.807, 2.05) is 39.0 Å². The van der Waals surface area contributed by atoms with Crippen molar-refractivity contribution in [2.75, 3.05) is 0 Å². The van der Waals surface area contributed by atoms with Gasteiger partial charge in [-0.3, -0.25) is 0 Å². The molecular formula is C14H22O2. The van der Waals surface area contributed by atoms with E-state index in [-0.39, 0.29) is 5.41 Å². The second-order valence-electron chi connectivity index (χ2n) is 5.84. The van der Waals surface area contributed by atoms with Crippen LogP contribution in [-0.4, -0.2) is 15.8 Å². The highest BCUT2D eigenvalue weighted by atomic mass is 16.3. The molecule has 0 saturated heterocycles. The van der Waals surface area contributed by atoms with E-state index in [9.17, 15) is 10.2 Å². The molecule has 2 nitrogen and oxygen atoms in total. The van der Waals surface area contributed by atoms with E-state index >= 15 is 0 Å². The number of phenolic OH excluding ortho intramolecular Hbond substituents is 1. The van der Waals surface area contributed by atoms with Crippen LogP contribution in [0, 0.1) is 6.92 Å². The molecular weight excluding hydrogens is 200 g/mol. The van der Waals surface area contributed by atoms with Gasteiger partial charge in [-0.15, -0.1) is 0 Å². The van der Waals surface area contributed by atoms with Crippen LogP contribution in [0.4, 0.5) is 0 Å². The largest absolute Gasteiger partial charge is 0.507 e. The summed E-state index contributed by atoms with van der Waals surface area (Å²) in [6.07, 6.45) is 0.608. The Morgan fingerprint density at radius 3 is 2.19 bits per heavy atom. The predicted molar refractivity (Wildman–Crippen MR) is 66.8 cm³/mol. The second-order valence-corrected chi connectivity index (χ2v) is 5.84. The summed E-state index contributed by atoms with van der Waals surface area (Å²) in [6, 6.07) is 5.75. The third-order valence-electron chi connectivity index (χ3n) is 2.84. The molecule has 0 amide bonds. The summed E-state index contributed by atoms with van der Waals surface area (Å²) in [4.78, 5) is 0. The summed E-state index contributed by atoms with van der Waals surface area (Å²) < 4.78 is 0. The SMILES string of the molecule is Cc1cccc(C(C)(C)CC(C)(C)O)c1O. The van der Waals surface area contributed by atoms with Crippen molar-refractivity contribution < 1.29 is 10.2 Å². The summed E-state index contributed by atoms with van der Waals surface area (Å²) in [5.74, 6) is 0.344. The molecule has 2 N–H and O–H groups in total. The summed E-state index contributed by atoms with van der Waals surface area (Å²) in [6.45, 7) is 9.56. The smallest absolute Gasteiger partial charge is 0.122 e. The second kappa shape index (κ2) is 4.10. The summed E-state index contributed by atoms with van der Waals surface area (Å²) in [5, 5.41) is 19.9. The lowest BCUT2D eigenvalue weighted by Crippen LogP contribution is -2.31. The van der Waals surface area contributed by atoms with Crippen LogP contribution in [0.3, 0.4) is 0 Å². The molecule has 0 aliphatic carbocycles. The fraction of sp³-hybridized carbons (Fsp3) is 0.571. The van der Waals surface area contributed by atoms with Gasteiger partial charge >= 0.3 is 0 Å². The van der Waals surface area contributed by atoms with Crippen molar-refractivity contribution in [3.63, 3.8) is 0 Å². The van der Waals surface area contributed by atoms with Crippen molar-refractivity contribution in [1.82, 2.24) is 0 Å². The van der Waals surface area contributed by atoms with E-state index in [0.717, 1.165) is 11.1 Å². The van der Waals surface area contributed by atoms with Gasteiger partial charge in [-0.05, 0) is 43.7 Å². The van der Waals surface area contributed by atoms with Gasteiger partial charge in [0.15, 0.2) is 0 Å². The van der Waals surface area contributed by atoms with Gasteiger partial charge in [0.05, 0.1) is 5.60 Å². The van der Waals surface area contributed by atoms with Crippen LogP contribution >= 0.6 is 0 Å². The zero-order chi connectivity index (χ0) is 12.6. The van der Waals surface area contributed by atoms with E-state index in [4.69, 9.17) is 0 Å². The van der Waals surface area contributed by atoms with E-state index in [0.29, 0.717) is 12.2 Å². The number of phenols is 1. The Labute approximate surface area is 97.9 Å². The Bertz CT molecular complexity index is 373. The first-order valence-corrected chi connectivity index (χ1v) is 5.65. The highest BCUT2D eigenvalue weighted by Gasteiger charge is 2.30. The molecule has 0 radical (unpaired) electrons. The van der Waals surface area contributed by atoms with Crippen molar-refractivity contribution >= 4 is 0 Å². The van der Waals surface area contributed by atoms with E-state index in [2.05, 4.69) is 0 Å². The summed E-state index contributed by atoms with van der Waals surface area (Å²) in [7, 11) is 0. The molecule has 1 aromatic rings. The Morgan fingerprint density at radius 1 is 1.12 bits per heavy atom. The fourth-order valence-corrected chi connectivity index (χ4v) is 2.38. The van der Waals surface area contributed by atoms with Gasteiger partial charge in [0, 0.05) is 0 Å². The van der Waals surface area contributed by atoms with Crippen molar-refractivity contribution in [2.45, 2.75) is 52.1 Å². The van der Waals surface area contributed by atoms with Crippen LogP contribution in [0.1, 0.15) is 45.2 Å². The molecule has 0 atom stereocenters. The van der Waals surface area contributed by atoms with E-state index in [1.54, 1.807) is 13.8 Å². The van der Waals surface area contributed by atoms with Gasteiger partial charge < -0.3 is 10.2 Å². The van der Waals surface area contributed by atoms with Crippen LogP contribution in [0.5, 0.6) is 5.75 Å². The van der Waals surface area contributed by atoms with Gasteiger partial charge in [0.2, 0.25) is 0 Å². The summed E-state index contributed by atoms with van der Waals surface area (Å²) >= 11 is 0. The summed E-state index contributed by atoms with van der Waals surface area (Å²) in [5.41, 5.74) is 0.796. The minimum Gasteiger partial charge on any atom is -0.507 e. The van der Waals surface area contributed by atoms with Gasteiger partial charge in [-0.25, -0.2) is 0 Å². The number of hydrogen-bond acceptors (Lipinski definition) is 2. The number of para-hydroxylation sites is 1. The van der Waals surface area contributed by atoms with Crippen LogP contribution in [0.25, 0.3) is 0 Å². The number of benzene rings is 1. The van der Waals surface area contributed by atoms with Crippen LogP contribution in [0.2, 0.25) is 0 Å². The fourth-order valence-electron chi connectivity index (χ4n) is 2.38. The third-order valence-corrected chi connectivity index (χ3v) is 2.84. The molecule has 0 bridgehead atoms. The average Bonchev–Trinajstić information content (AvgIpc) is 2.05. The first-order valence-electron chi connectivity index (χ1n) is 5.65. The van der Waals surface area contributed by atoms with Crippen molar-refractivity contribution in [3.8, 4) is 5.75 Å². The number of hydrogen-bond donors (Lipinski definition) is 2. The van der Waals surface area contributed by atoms with Crippen LogP contribution in [-0.2, 0) is 5.41 Å². The molecule has 90 valence electrons. The quantitative estimate of drug-likeness (QED) is 0.824. The maximum absolute atomic E-state index is 10.0. The van der Waals surface area contributed by atoms with Crippen molar-refractivity contribution in [2.24, 2.45) is 0 Å². The maximum atomic E-state index is 10.0. The lowest BCUT2D eigenvalue weighted by atomic mass is 9.75. The molecule has 0 heterocycles. The van der Waals surface area contributed by atoms with Crippen LogP contribution < -0.4 is 0 Å². The molecule has 0 aliphatic rings. The Hall–Kier alpha value is -1.02. The molecule has 0 aromatic heterocycles. The zero-order valence-corrected chi connectivity index (χ0v) is 10.8. The highest BCUT2D eigenvalue weighted by Crippen LogP contribution is 2.38. The molecule has 0 unspecified atom stereocenters. The molecule has 0 fully saturated rings. The predicted octanol–water partition coefficient (Wildman–Crippen LogP) is 3.14. The van der Waals surface area contributed by atoms with Crippen molar-refractivity contribution in [3.05, 3.63) is 29.3 Å². The minimum absolute atomic E-state index is 0.242. The number of aromatic hydroxyl groups is 1. The molecule has 0 spiro atoms. The van der Waals surface area contributed by atoms with Gasteiger partial charge in [-0.1, -0.05) is 32.0 Å². The Morgan fingerprint density at radius 2 is 1.69 bits per heavy atom. The molecule has 0 saturated carbocycles. The number of aliphatic hydroxyl groups is 1. The van der Waals surface area contributed by atoms with E-state index in [1.165, 1.54) is 0 Å². The standard InChI is InChI=1S/C14H22O2/c1-10-7-6-8-11(12(10)15)13(2,3)9-14(4,5)16/h6-8,15-16H,9H2,1-5H3. The molecule has 2 heteroatoms. The third kappa shape index (κ3) is 2.99.